The van der Waals surface area contributed by atoms with Crippen LogP contribution >= 0.6 is 35.4 Å². The van der Waals surface area contributed by atoms with Gasteiger partial charge in [-0.1, -0.05) is 61.5 Å². The molecule has 3 N–H and O–H groups in total. The number of thiocarbonyl (C=S) groups is 1. The molecule has 6 heteroatoms. The minimum atomic E-state index is 0.161. The van der Waals surface area contributed by atoms with Crippen molar-refractivity contribution in [2.75, 3.05) is 0 Å². The van der Waals surface area contributed by atoms with Crippen molar-refractivity contribution in [3.8, 4) is 0 Å². The molecule has 1 aromatic rings. The van der Waals surface area contributed by atoms with Crippen LogP contribution in [0.5, 0.6) is 0 Å². The van der Waals surface area contributed by atoms with E-state index >= 15 is 0 Å². The highest BCUT2D eigenvalue weighted by atomic mass is 35.5. The highest BCUT2D eigenvalue weighted by Gasteiger charge is 1.99. The van der Waals surface area contributed by atoms with E-state index in [4.69, 9.17) is 41.2 Å². The van der Waals surface area contributed by atoms with Crippen molar-refractivity contribution >= 4 is 52.3 Å². The standard InChI is InChI=1S/C16H21Cl2N3S/c1-2-3-4-5-6-13(20-21-16(19)22)9-7-12-8-10-14(17)15(18)11-12/h7-11H,2-6H2,1H3,(H3,19,21,22)/b9-7+,20-13+. The SMILES string of the molecule is CCCCCCC(/C=C/c1ccc(Cl)c(Cl)c1)=N\NC(N)=S. The van der Waals surface area contributed by atoms with Crippen LogP contribution in [-0.4, -0.2) is 10.8 Å². The zero-order chi connectivity index (χ0) is 16.4. The summed E-state index contributed by atoms with van der Waals surface area (Å²) in [6, 6.07) is 5.49. The second kappa shape index (κ2) is 10.6. The average Bonchev–Trinajstić information content (AvgIpc) is 2.48. The number of unbranched alkanes of at least 4 members (excludes halogenated alkanes) is 3. The highest BCUT2D eigenvalue weighted by Crippen LogP contribution is 2.23. The monoisotopic (exact) mass is 357 g/mol. The van der Waals surface area contributed by atoms with Crippen molar-refractivity contribution in [2.45, 2.75) is 39.0 Å². The maximum atomic E-state index is 6.01. The van der Waals surface area contributed by atoms with E-state index < -0.39 is 0 Å². The first-order valence-electron chi connectivity index (χ1n) is 7.28. The van der Waals surface area contributed by atoms with Gasteiger partial charge in [-0.25, -0.2) is 0 Å². The van der Waals surface area contributed by atoms with Crippen LogP contribution in [0.15, 0.2) is 29.4 Å². The molecule has 22 heavy (non-hydrogen) atoms. The number of allylic oxidation sites excluding steroid dienone is 1. The quantitative estimate of drug-likeness (QED) is 0.292. The van der Waals surface area contributed by atoms with Gasteiger partial charge in [-0.05, 0) is 48.8 Å². The van der Waals surface area contributed by atoms with Crippen molar-refractivity contribution in [3.63, 3.8) is 0 Å². The van der Waals surface area contributed by atoms with Gasteiger partial charge in [0.15, 0.2) is 5.11 Å². The normalized spacial score (nSPS) is 11.9. The van der Waals surface area contributed by atoms with Crippen LogP contribution in [0.2, 0.25) is 10.0 Å². The maximum Gasteiger partial charge on any atom is 0.184 e. The summed E-state index contributed by atoms with van der Waals surface area (Å²) in [6.07, 6.45) is 9.45. The fourth-order valence-electron chi connectivity index (χ4n) is 1.84. The zero-order valence-electron chi connectivity index (χ0n) is 12.6. The Labute approximate surface area is 147 Å². The molecule has 0 aliphatic heterocycles. The summed E-state index contributed by atoms with van der Waals surface area (Å²) < 4.78 is 0. The molecule has 0 saturated carbocycles. The van der Waals surface area contributed by atoms with Gasteiger partial charge in [0.05, 0.1) is 15.8 Å². The summed E-state index contributed by atoms with van der Waals surface area (Å²) in [5.41, 5.74) is 9.92. The van der Waals surface area contributed by atoms with E-state index in [0.717, 1.165) is 24.1 Å². The molecule has 0 amide bonds. The van der Waals surface area contributed by atoms with Gasteiger partial charge in [0.2, 0.25) is 0 Å². The lowest BCUT2D eigenvalue weighted by atomic mass is 10.1. The predicted molar refractivity (Wildman–Crippen MR) is 102 cm³/mol. The number of nitrogens with zero attached hydrogens (tertiary/aromatic N) is 1. The molecule has 0 aliphatic rings. The van der Waals surface area contributed by atoms with Crippen LogP contribution in [0, 0.1) is 0 Å². The fourth-order valence-corrected chi connectivity index (χ4v) is 2.20. The van der Waals surface area contributed by atoms with Crippen LogP contribution < -0.4 is 11.2 Å². The average molecular weight is 358 g/mol. The molecule has 3 nitrogen and oxygen atoms in total. The molecule has 0 heterocycles. The molecule has 0 bridgehead atoms. The summed E-state index contributed by atoms with van der Waals surface area (Å²) in [5.74, 6) is 0. The molecule has 0 saturated heterocycles. The Hall–Kier alpha value is -1.10. The molecular formula is C16H21Cl2N3S. The van der Waals surface area contributed by atoms with Crippen molar-refractivity contribution in [1.82, 2.24) is 5.43 Å². The third kappa shape index (κ3) is 7.78. The van der Waals surface area contributed by atoms with Gasteiger partial charge in [-0.3, -0.25) is 5.43 Å². The summed E-state index contributed by atoms with van der Waals surface area (Å²) in [5, 5.41) is 5.47. The highest BCUT2D eigenvalue weighted by molar-refractivity contribution is 7.80. The Morgan fingerprint density at radius 3 is 2.68 bits per heavy atom. The van der Waals surface area contributed by atoms with E-state index in [1.165, 1.54) is 19.3 Å². The van der Waals surface area contributed by atoms with Crippen LogP contribution in [0.3, 0.4) is 0 Å². The molecule has 0 radical (unpaired) electrons. The Morgan fingerprint density at radius 2 is 2.05 bits per heavy atom. The van der Waals surface area contributed by atoms with Crippen molar-refractivity contribution in [3.05, 3.63) is 39.9 Å². The lowest BCUT2D eigenvalue weighted by Gasteiger charge is -2.03. The number of hydrogen-bond donors (Lipinski definition) is 2. The van der Waals surface area contributed by atoms with Crippen LogP contribution in [-0.2, 0) is 0 Å². The summed E-state index contributed by atoms with van der Waals surface area (Å²) in [7, 11) is 0. The lowest BCUT2D eigenvalue weighted by Crippen LogP contribution is -2.25. The molecule has 0 unspecified atom stereocenters. The summed E-state index contributed by atoms with van der Waals surface area (Å²) in [4.78, 5) is 0. The van der Waals surface area contributed by atoms with Gasteiger partial charge in [-0.2, -0.15) is 5.10 Å². The maximum absolute atomic E-state index is 6.01. The van der Waals surface area contributed by atoms with Crippen molar-refractivity contribution in [2.24, 2.45) is 10.8 Å². The first-order chi connectivity index (χ1) is 10.5. The molecule has 120 valence electrons. The zero-order valence-corrected chi connectivity index (χ0v) is 14.9. The first-order valence-corrected chi connectivity index (χ1v) is 8.44. The van der Waals surface area contributed by atoms with Crippen LogP contribution in [0.25, 0.3) is 6.08 Å². The molecule has 0 fully saturated rings. The van der Waals surface area contributed by atoms with E-state index in [0.29, 0.717) is 10.0 Å². The van der Waals surface area contributed by atoms with Crippen LogP contribution in [0.4, 0.5) is 0 Å². The Kier molecular flexibility index (Phi) is 9.13. The molecule has 0 aliphatic carbocycles. The summed E-state index contributed by atoms with van der Waals surface area (Å²) >= 11 is 16.7. The predicted octanol–water partition coefficient (Wildman–Crippen LogP) is 5.17. The van der Waals surface area contributed by atoms with Crippen molar-refractivity contribution in [1.29, 1.82) is 0 Å². The largest absolute Gasteiger partial charge is 0.375 e. The molecule has 0 aromatic heterocycles. The van der Waals surface area contributed by atoms with Gasteiger partial charge in [0.25, 0.3) is 0 Å². The van der Waals surface area contributed by atoms with Gasteiger partial charge < -0.3 is 5.73 Å². The van der Waals surface area contributed by atoms with E-state index in [-0.39, 0.29) is 5.11 Å². The Morgan fingerprint density at radius 1 is 1.27 bits per heavy atom. The Bertz CT molecular complexity index is 556. The van der Waals surface area contributed by atoms with E-state index in [1.54, 1.807) is 6.07 Å². The molecular weight excluding hydrogens is 337 g/mol. The fraction of sp³-hybridized carbons (Fsp3) is 0.375. The van der Waals surface area contributed by atoms with Gasteiger partial charge in [0, 0.05) is 0 Å². The van der Waals surface area contributed by atoms with Crippen molar-refractivity contribution < 1.29 is 0 Å². The second-order valence-electron chi connectivity index (χ2n) is 4.90. The number of hydrazone groups is 1. The lowest BCUT2D eigenvalue weighted by molar-refractivity contribution is 0.682. The molecule has 1 rings (SSSR count). The first kappa shape index (κ1) is 18.9. The topological polar surface area (TPSA) is 50.4 Å². The minimum Gasteiger partial charge on any atom is -0.375 e. The van der Waals surface area contributed by atoms with E-state index in [9.17, 15) is 0 Å². The number of benzene rings is 1. The van der Waals surface area contributed by atoms with Gasteiger partial charge in [-0.15, -0.1) is 0 Å². The third-order valence-corrected chi connectivity index (χ3v) is 3.84. The minimum absolute atomic E-state index is 0.161. The molecule has 1 aromatic carbocycles. The summed E-state index contributed by atoms with van der Waals surface area (Å²) in [6.45, 7) is 2.19. The van der Waals surface area contributed by atoms with E-state index in [1.807, 2.05) is 24.3 Å². The van der Waals surface area contributed by atoms with Gasteiger partial charge in [0.1, 0.15) is 0 Å². The third-order valence-electron chi connectivity index (χ3n) is 3.01. The second-order valence-corrected chi connectivity index (χ2v) is 6.15. The van der Waals surface area contributed by atoms with E-state index in [2.05, 4.69) is 17.5 Å². The number of rotatable bonds is 8. The molecule has 0 spiro atoms. The smallest absolute Gasteiger partial charge is 0.184 e. The number of nitrogens with two attached hydrogens (primary N) is 1. The number of nitrogens with one attached hydrogen (secondary N) is 1. The Balaban J connectivity index is 2.72. The number of halogens is 2. The number of hydrogen-bond acceptors (Lipinski definition) is 2. The molecule has 0 atom stereocenters. The van der Waals surface area contributed by atoms with Gasteiger partial charge >= 0.3 is 0 Å². The van der Waals surface area contributed by atoms with Crippen LogP contribution in [0.1, 0.15) is 44.6 Å².